The minimum Gasteiger partial charge on any atom is -0.507 e. The maximum atomic E-state index is 10.0. The van der Waals surface area contributed by atoms with E-state index in [-0.39, 0.29) is 45.5 Å². The number of hydrogen-bond acceptors (Lipinski definition) is 9. The van der Waals surface area contributed by atoms with Crippen LogP contribution in [0.2, 0.25) is 0 Å². The van der Waals surface area contributed by atoms with E-state index in [1.54, 1.807) is 0 Å². The van der Waals surface area contributed by atoms with E-state index in [1.165, 1.54) is 30.3 Å². The van der Waals surface area contributed by atoms with Gasteiger partial charge < -0.3 is 25.5 Å². The molecule has 0 radical (unpaired) electrons. The SMILES string of the molecule is Oc1cc(O)c2cc(O)c(-c3ccc(O)c(O)c3)[o+]c2c1.[O-][Cl+3]([O-])([O-])[O-]. The Balaban J connectivity index is 0.000000431. The summed E-state index contributed by atoms with van der Waals surface area (Å²) in [6.07, 6.45) is 0. The molecule has 0 spiro atoms. The van der Waals surface area contributed by atoms with Crippen LogP contribution in [0.1, 0.15) is 0 Å². The molecule has 0 aliphatic rings. The normalized spacial score (nSPS) is 11.1. The maximum absolute atomic E-state index is 10.0. The van der Waals surface area contributed by atoms with Crippen LogP contribution in [-0.2, 0) is 0 Å². The number of halogens is 1. The van der Waals surface area contributed by atoms with E-state index in [1.807, 2.05) is 0 Å². The van der Waals surface area contributed by atoms with Crippen molar-refractivity contribution in [1.29, 1.82) is 0 Å². The Hall–Kier alpha value is -3.02. The average molecular weight is 387 g/mol. The first kappa shape index (κ1) is 19.3. The van der Waals surface area contributed by atoms with Crippen LogP contribution >= 0.6 is 0 Å². The van der Waals surface area contributed by atoms with Crippen molar-refractivity contribution < 1.29 is 58.8 Å². The van der Waals surface area contributed by atoms with Crippen LogP contribution in [0.4, 0.5) is 0 Å². The lowest BCUT2D eigenvalue weighted by molar-refractivity contribution is -2.00. The second kappa shape index (κ2) is 7.07. The molecular formula is C15H11ClO10. The van der Waals surface area contributed by atoms with Gasteiger partial charge in [-0.2, -0.15) is 0 Å². The van der Waals surface area contributed by atoms with Crippen molar-refractivity contribution in [2.24, 2.45) is 0 Å². The number of phenolic OH excluding ortho intramolecular Hbond substituents is 4. The topological polar surface area (TPSA) is 205 Å². The Kier molecular flexibility index (Phi) is 5.25. The highest BCUT2D eigenvalue weighted by molar-refractivity contribution is 5.88. The van der Waals surface area contributed by atoms with Crippen molar-refractivity contribution in [3.8, 4) is 40.1 Å². The lowest BCUT2D eigenvalue weighted by Gasteiger charge is -2.17. The molecular weight excluding hydrogens is 376 g/mol. The van der Waals surface area contributed by atoms with Crippen molar-refractivity contribution in [3.05, 3.63) is 36.4 Å². The van der Waals surface area contributed by atoms with Crippen LogP contribution < -0.4 is 18.6 Å². The van der Waals surface area contributed by atoms with Crippen molar-refractivity contribution in [3.63, 3.8) is 0 Å². The fourth-order valence-electron chi connectivity index (χ4n) is 2.06. The molecule has 0 amide bonds. The zero-order chi connectivity index (χ0) is 19.6. The molecule has 1 heterocycles. The fourth-order valence-corrected chi connectivity index (χ4v) is 2.06. The zero-order valence-corrected chi connectivity index (χ0v) is 13.4. The third kappa shape index (κ3) is 4.75. The minimum absolute atomic E-state index is 0.0304. The van der Waals surface area contributed by atoms with Gasteiger partial charge in [-0.15, -0.1) is 10.2 Å². The molecule has 0 aliphatic heterocycles. The fraction of sp³-hybridized carbons (Fsp3) is 0. The second-order valence-corrected chi connectivity index (χ2v) is 5.67. The minimum atomic E-state index is -4.94. The molecule has 3 rings (SSSR count). The quantitative estimate of drug-likeness (QED) is 0.233. The van der Waals surface area contributed by atoms with Crippen LogP contribution in [0.15, 0.2) is 40.8 Å². The summed E-state index contributed by atoms with van der Waals surface area (Å²) in [5.74, 6) is -1.30. The Bertz CT molecular complexity index is 945. The van der Waals surface area contributed by atoms with Crippen molar-refractivity contribution in [1.82, 2.24) is 0 Å². The van der Waals surface area contributed by atoms with Gasteiger partial charge in [-0.1, -0.05) is 0 Å². The van der Waals surface area contributed by atoms with Crippen LogP contribution in [0, 0.1) is 10.2 Å². The third-order valence-electron chi connectivity index (χ3n) is 3.07. The van der Waals surface area contributed by atoms with Crippen LogP contribution in [0.25, 0.3) is 22.3 Å². The Labute approximate surface area is 147 Å². The summed E-state index contributed by atoms with van der Waals surface area (Å²) in [4.78, 5) is 0. The second-order valence-electron chi connectivity index (χ2n) is 4.92. The van der Waals surface area contributed by atoms with Gasteiger partial charge in [-0.3, -0.25) is 0 Å². The van der Waals surface area contributed by atoms with E-state index >= 15 is 0 Å². The Morgan fingerprint density at radius 2 is 1.31 bits per heavy atom. The van der Waals surface area contributed by atoms with Gasteiger partial charge in [-0.25, -0.2) is 23.1 Å². The number of phenols is 4. The first-order chi connectivity index (χ1) is 12.0. The first-order valence-electron chi connectivity index (χ1n) is 6.61. The Morgan fingerprint density at radius 1 is 0.692 bits per heavy atom. The summed E-state index contributed by atoms with van der Waals surface area (Å²) in [6.45, 7) is 0. The maximum Gasteiger partial charge on any atom is 0.402 e. The van der Waals surface area contributed by atoms with Crippen molar-refractivity contribution >= 4 is 11.0 Å². The van der Waals surface area contributed by atoms with Crippen LogP contribution in [0.5, 0.6) is 28.7 Å². The van der Waals surface area contributed by atoms with Gasteiger partial charge in [0.1, 0.15) is 16.9 Å². The van der Waals surface area contributed by atoms with E-state index in [4.69, 9.17) is 23.1 Å². The molecule has 10 nitrogen and oxygen atoms in total. The molecule has 26 heavy (non-hydrogen) atoms. The molecule has 0 fully saturated rings. The van der Waals surface area contributed by atoms with Gasteiger partial charge in [0.2, 0.25) is 5.75 Å². The highest BCUT2D eigenvalue weighted by atomic mass is 35.7. The molecule has 0 unspecified atom stereocenters. The molecule has 0 bridgehead atoms. The van der Waals surface area contributed by atoms with Gasteiger partial charge in [0.25, 0.3) is 0 Å². The Morgan fingerprint density at radius 3 is 1.88 bits per heavy atom. The molecule has 0 aliphatic carbocycles. The molecule has 11 heteroatoms. The summed E-state index contributed by atoms with van der Waals surface area (Å²) in [5.41, 5.74) is 0.486. The van der Waals surface area contributed by atoms with Gasteiger partial charge in [0.15, 0.2) is 11.5 Å². The van der Waals surface area contributed by atoms with Crippen LogP contribution in [-0.4, -0.2) is 25.5 Å². The molecule has 0 atom stereocenters. The zero-order valence-electron chi connectivity index (χ0n) is 12.6. The predicted molar refractivity (Wildman–Crippen MR) is 74.4 cm³/mol. The highest BCUT2D eigenvalue weighted by Gasteiger charge is 2.24. The van der Waals surface area contributed by atoms with Gasteiger partial charge in [0.05, 0.1) is 11.6 Å². The van der Waals surface area contributed by atoms with Gasteiger partial charge in [-0.05, 0) is 12.1 Å². The molecule has 5 N–H and O–H groups in total. The highest BCUT2D eigenvalue weighted by Crippen LogP contribution is 2.40. The monoisotopic (exact) mass is 386 g/mol. The summed E-state index contributed by atoms with van der Waals surface area (Å²) >= 11 is 0. The molecule has 0 saturated carbocycles. The van der Waals surface area contributed by atoms with E-state index in [9.17, 15) is 25.5 Å². The number of aromatic hydroxyl groups is 5. The molecule has 3 aromatic rings. The number of rotatable bonds is 1. The predicted octanol–water partition coefficient (Wildman–Crippen LogP) is -1.85. The van der Waals surface area contributed by atoms with E-state index in [0.29, 0.717) is 5.56 Å². The summed E-state index contributed by atoms with van der Waals surface area (Å²) < 4.78 is 39.4. The number of hydrogen-bond donors (Lipinski definition) is 5. The van der Waals surface area contributed by atoms with E-state index < -0.39 is 10.2 Å². The lowest BCUT2D eigenvalue weighted by Crippen LogP contribution is -2.68. The molecule has 2 aromatic carbocycles. The summed E-state index contributed by atoms with van der Waals surface area (Å²) in [7, 11) is -4.94. The smallest absolute Gasteiger partial charge is 0.402 e. The van der Waals surface area contributed by atoms with Gasteiger partial charge >= 0.3 is 11.3 Å². The van der Waals surface area contributed by atoms with E-state index in [0.717, 1.165) is 6.07 Å². The largest absolute Gasteiger partial charge is 0.507 e. The first-order valence-corrected chi connectivity index (χ1v) is 7.85. The van der Waals surface area contributed by atoms with E-state index in [2.05, 4.69) is 0 Å². The van der Waals surface area contributed by atoms with Crippen LogP contribution in [0.3, 0.4) is 0 Å². The lowest BCUT2D eigenvalue weighted by atomic mass is 10.1. The number of benzene rings is 2. The van der Waals surface area contributed by atoms with Crippen molar-refractivity contribution in [2.75, 3.05) is 0 Å². The standard InChI is InChI=1S/C15H10O6.ClHO4/c16-8-4-11(18)9-6-13(20)15(21-14(9)5-8)7-1-2-10(17)12(19)3-7;2-1(3,4)5/h1-6H,(H4-,16,17,18,19,20);(H,2,3,4,5). The third-order valence-corrected chi connectivity index (χ3v) is 3.07. The van der Waals surface area contributed by atoms with Crippen molar-refractivity contribution in [2.45, 2.75) is 0 Å². The molecule has 0 saturated heterocycles. The summed E-state index contributed by atoms with van der Waals surface area (Å²) in [5, 5.41) is 48.2. The summed E-state index contributed by atoms with van der Waals surface area (Å²) in [6, 6.07) is 7.63. The molecule has 138 valence electrons. The average Bonchev–Trinajstić information content (AvgIpc) is 2.49. The van der Waals surface area contributed by atoms with Gasteiger partial charge in [0, 0.05) is 18.2 Å². The molecule has 1 aromatic heterocycles. The number of fused-ring (bicyclic) bond motifs is 1.